The molecular formula is C15H13BrF2O. The van der Waals surface area contributed by atoms with E-state index in [0.717, 1.165) is 22.7 Å². The smallest absolute Gasteiger partial charge is 0.126 e. The van der Waals surface area contributed by atoms with Crippen molar-refractivity contribution in [2.75, 3.05) is 0 Å². The lowest BCUT2D eigenvalue weighted by atomic mass is 9.89. The van der Waals surface area contributed by atoms with Gasteiger partial charge in [-0.05, 0) is 42.3 Å². The lowest BCUT2D eigenvalue weighted by Gasteiger charge is -2.25. The van der Waals surface area contributed by atoms with E-state index in [1.165, 1.54) is 0 Å². The summed E-state index contributed by atoms with van der Waals surface area (Å²) < 4.78 is 27.5. The van der Waals surface area contributed by atoms with Gasteiger partial charge in [-0.2, -0.15) is 0 Å². The molecule has 0 spiro atoms. The maximum atomic E-state index is 13.6. The molecule has 0 saturated heterocycles. The third kappa shape index (κ3) is 3.19. The fourth-order valence-electron chi connectivity index (χ4n) is 2.04. The first-order valence-corrected chi connectivity index (χ1v) is 6.61. The lowest BCUT2D eigenvalue weighted by molar-refractivity contribution is 0.0559. The van der Waals surface area contributed by atoms with Crippen molar-refractivity contribution in [3.63, 3.8) is 0 Å². The van der Waals surface area contributed by atoms with Crippen LogP contribution in [0.15, 0.2) is 46.9 Å². The average Bonchev–Trinajstić information content (AvgIpc) is 2.34. The maximum Gasteiger partial charge on any atom is 0.126 e. The first-order chi connectivity index (χ1) is 8.90. The highest BCUT2D eigenvalue weighted by Gasteiger charge is 2.27. The summed E-state index contributed by atoms with van der Waals surface area (Å²) in [6, 6.07) is 10.4. The number of aliphatic hydroxyl groups is 1. The van der Waals surface area contributed by atoms with Gasteiger partial charge in [-0.25, -0.2) is 8.78 Å². The molecule has 0 heterocycles. The van der Waals surface area contributed by atoms with Crippen molar-refractivity contribution in [2.24, 2.45) is 0 Å². The molecule has 2 aromatic rings. The van der Waals surface area contributed by atoms with Crippen LogP contribution >= 0.6 is 15.9 Å². The molecule has 1 nitrogen and oxygen atoms in total. The number of halogens is 3. The fourth-order valence-corrected chi connectivity index (χ4v) is 2.75. The molecule has 0 bridgehead atoms. The summed E-state index contributed by atoms with van der Waals surface area (Å²) in [4.78, 5) is 0. The second-order valence-corrected chi connectivity index (χ2v) is 5.52. The van der Waals surface area contributed by atoms with Crippen LogP contribution in [0.4, 0.5) is 8.78 Å². The van der Waals surface area contributed by atoms with Gasteiger partial charge in [0.05, 0.1) is 5.60 Å². The second kappa shape index (κ2) is 5.39. The van der Waals surface area contributed by atoms with E-state index in [1.54, 1.807) is 25.1 Å². The minimum absolute atomic E-state index is 0.000787. The van der Waals surface area contributed by atoms with Gasteiger partial charge in [0.2, 0.25) is 0 Å². The van der Waals surface area contributed by atoms with Gasteiger partial charge >= 0.3 is 0 Å². The summed E-state index contributed by atoms with van der Waals surface area (Å²) in [5.74, 6) is -1.03. The van der Waals surface area contributed by atoms with Crippen LogP contribution in [0.2, 0.25) is 0 Å². The first-order valence-electron chi connectivity index (χ1n) is 5.81. The summed E-state index contributed by atoms with van der Waals surface area (Å²) in [6.45, 7) is 1.58. The highest BCUT2D eigenvalue weighted by molar-refractivity contribution is 9.10. The Balaban J connectivity index is 2.36. The molecule has 2 rings (SSSR count). The van der Waals surface area contributed by atoms with Gasteiger partial charge < -0.3 is 5.11 Å². The van der Waals surface area contributed by atoms with Crippen LogP contribution in [0.1, 0.15) is 18.1 Å². The van der Waals surface area contributed by atoms with Gasteiger partial charge in [-0.15, -0.1) is 0 Å². The molecule has 0 aliphatic carbocycles. The zero-order chi connectivity index (χ0) is 14.0. The number of hydrogen-bond acceptors (Lipinski definition) is 1. The Labute approximate surface area is 119 Å². The quantitative estimate of drug-likeness (QED) is 0.897. The molecule has 19 heavy (non-hydrogen) atoms. The molecule has 1 unspecified atom stereocenters. The summed E-state index contributed by atoms with van der Waals surface area (Å²) in [6.07, 6.45) is -0.000787. The molecule has 0 aliphatic rings. The van der Waals surface area contributed by atoms with Crippen LogP contribution in [0.25, 0.3) is 0 Å². The van der Waals surface area contributed by atoms with Crippen molar-refractivity contribution in [3.05, 3.63) is 69.7 Å². The Kier molecular flexibility index (Phi) is 4.02. The first kappa shape index (κ1) is 14.2. The monoisotopic (exact) mass is 326 g/mol. The van der Waals surface area contributed by atoms with Gasteiger partial charge in [0.25, 0.3) is 0 Å². The molecule has 0 fully saturated rings. The van der Waals surface area contributed by atoms with Gasteiger partial charge in [0, 0.05) is 10.9 Å². The predicted molar refractivity (Wildman–Crippen MR) is 73.8 cm³/mol. The highest BCUT2D eigenvalue weighted by Crippen LogP contribution is 2.31. The second-order valence-electron chi connectivity index (χ2n) is 4.67. The molecule has 0 saturated carbocycles. The molecular weight excluding hydrogens is 314 g/mol. The molecule has 100 valence electrons. The highest BCUT2D eigenvalue weighted by atomic mass is 79.9. The van der Waals surface area contributed by atoms with E-state index in [2.05, 4.69) is 15.9 Å². The number of rotatable bonds is 3. The van der Waals surface area contributed by atoms with Crippen LogP contribution in [0.3, 0.4) is 0 Å². The van der Waals surface area contributed by atoms with E-state index >= 15 is 0 Å². The lowest BCUT2D eigenvalue weighted by Crippen LogP contribution is -2.25. The Morgan fingerprint density at radius 3 is 2.53 bits per heavy atom. The Morgan fingerprint density at radius 1 is 1.16 bits per heavy atom. The van der Waals surface area contributed by atoms with E-state index in [0.29, 0.717) is 5.56 Å². The van der Waals surface area contributed by atoms with Gasteiger partial charge in [-0.3, -0.25) is 0 Å². The van der Waals surface area contributed by atoms with Crippen molar-refractivity contribution in [1.29, 1.82) is 0 Å². The molecule has 1 atom stereocenters. The fraction of sp³-hybridized carbons (Fsp3) is 0.200. The number of benzene rings is 2. The van der Waals surface area contributed by atoms with E-state index in [9.17, 15) is 13.9 Å². The van der Waals surface area contributed by atoms with Gasteiger partial charge in [0.15, 0.2) is 0 Å². The Bertz CT molecular complexity index is 596. The van der Waals surface area contributed by atoms with Crippen LogP contribution in [0, 0.1) is 11.6 Å². The zero-order valence-electron chi connectivity index (χ0n) is 10.3. The third-order valence-electron chi connectivity index (χ3n) is 3.00. The van der Waals surface area contributed by atoms with Crippen LogP contribution < -0.4 is 0 Å². The average molecular weight is 327 g/mol. The zero-order valence-corrected chi connectivity index (χ0v) is 11.9. The van der Waals surface area contributed by atoms with E-state index in [-0.39, 0.29) is 12.0 Å². The van der Waals surface area contributed by atoms with Crippen LogP contribution in [0.5, 0.6) is 0 Å². The largest absolute Gasteiger partial charge is 0.385 e. The van der Waals surface area contributed by atoms with E-state index < -0.39 is 17.2 Å². The minimum atomic E-state index is -1.28. The minimum Gasteiger partial charge on any atom is -0.385 e. The van der Waals surface area contributed by atoms with Crippen molar-refractivity contribution in [3.8, 4) is 0 Å². The maximum absolute atomic E-state index is 13.6. The normalized spacial score (nSPS) is 14.2. The van der Waals surface area contributed by atoms with Crippen LogP contribution in [-0.4, -0.2) is 5.11 Å². The predicted octanol–water partition coefficient (Wildman–Crippen LogP) is 4.18. The third-order valence-corrected chi connectivity index (χ3v) is 3.69. The molecule has 0 aromatic heterocycles. The summed E-state index contributed by atoms with van der Waals surface area (Å²) in [5.41, 5.74) is -0.492. The standard InChI is InChI=1S/C15H13BrF2O/c1-15(19,12-4-2-3-5-13(12)16)9-10-8-11(17)6-7-14(10)18/h2-8,19H,9H2,1H3. The molecule has 0 aliphatic heterocycles. The summed E-state index contributed by atoms with van der Waals surface area (Å²) in [7, 11) is 0. The van der Waals surface area contributed by atoms with Crippen molar-refractivity contribution >= 4 is 15.9 Å². The van der Waals surface area contributed by atoms with Crippen LogP contribution in [-0.2, 0) is 12.0 Å². The number of hydrogen-bond donors (Lipinski definition) is 1. The van der Waals surface area contributed by atoms with Gasteiger partial charge in [0.1, 0.15) is 11.6 Å². The summed E-state index contributed by atoms with van der Waals surface area (Å²) in [5, 5.41) is 10.5. The van der Waals surface area contributed by atoms with E-state index in [4.69, 9.17) is 0 Å². The molecule has 1 N–H and O–H groups in total. The van der Waals surface area contributed by atoms with Crippen molar-refractivity contribution in [1.82, 2.24) is 0 Å². The SMILES string of the molecule is CC(O)(Cc1cc(F)ccc1F)c1ccccc1Br. The molecule has 0 radical (unpaired) electrons. The topological polar surface area (TPSA) is 20.2 Å². The van der Waals surface area contributed by atoms with Crippen molar-refractivity contribution in [2.45, 2.75) is 18.9 Å². The molecule has 4 heteroatoms. The van der Waals surface area contributed by atoms with E-state index in [1.807, 2.05) is 6.07 Å². The molecule has 2 aromatic carbocycles. The van der Waals surface area contributed by atoms with Gasteiger partial charge in [-0.1, -0.05) is 34.1 Å². The Hall–Kier alpha value is -1.26. The summed E-state index contributed by atoms with van der Waals surface area (Å²) >= 11 is 3.35. The molecule has 0 amide bonds. The van der Waals surface area contributed by atoms with Crippen molar-refractivity contribution < 1.29 is 13.9 Å². The Morgan fingerprint density at radius 2 is 1.84 bits per heavy atom.